The fourth-order valence-electron chi connectivity index (χ4n) is 2.50. The fourth-order valence-corrected chi connectivity index (χ4v) is 2.50. The van der Waals surface area contributed by atoms with Crippen molar-refractivity contribution in [1.82, 2.24) is 15.1 Å². The van der Waals surface area contributed by atoms with E-state index in [1.807, 2.05) is 6.92 Å². The molecule has 1 N–H and O–H groups in total. The zero-order valence-electron chi connectivity index (χ0n) is 12.6. The number of rotatable bonds is 7. The lowest BCUT2D eigenvalue weighted by Gasteiger charge is -2.20. The van der Waals surface area contributed by atoms with Crippen molar-refractivity contribution in [2.45, 2.75) is 60.2 Å². The fraction of sp³-hybridized carbons (Fsp3) is 0.786. The summed E-state index contributed by atoms with van der Waals surface area (Å²) in [4.78, 5) is 0. The minimum absolute atomic E-state index is 0.306. The Kier molecular flexibility index (Phi) is 5.82. The Morgan fingerprint density at radius 3 is 2.44 bits per heavy atom. The number of aromatic nitrogens is 2. The predicted octanol–water partition coefficient (Wildman–Crippen LogP) is 2.60. The Labute approximate surface area is 111 Å². The molecule has 1 heterocycles. The molecule has 1 rings (SSSR count). The van der Waals surface area contributed by atoms with Gasteiger partial charge >= 0.3 is 0 Å². The number of hydrogen-bond acceptors (Lipinski definition) is 3. The largest absolute Gasteiger partial charge is 0.380 e. The van der Waals surface area contributed by atoms with Crippen LogP contribution in [0.3, 0.4) is 0 Å². The normalized spacial score (nSPS) is 14.8. The van der Waals surface area contributed by atoms with Crippen LogP contribution in [0.25, 0.3) is 0 Å². The lowest BCUT2D eigenvalue weighted by Crippen LogP contribution is -2.33. The van der Waals surface area contributed by atoms with Gasteiger partial charge in [-0.3, -0.25) is 4.68 Å². The molecule has 4 heteroatoms. The highest BCUT2D eigenvalue weighted by atomic mass is 16.5. The highest BCUT2D eigenvalue weighted by Crippen LogP contribution is 2.21. The summed E-state index contributed by atoms with van der Waals surface area (Å²) in [7, 11) is 0. The van der Waals surface area contributed by atoms with Crippen molar-refractivity contribution < 1.29 is 4.74 Å². The quantitative estimate of drug-likeness (QED) is 0.812. The van der Waals surface area contributed by atoms with Crippen LogP contribution in [0.5, 0.6) is 0 Å². The van der Waals surface area contributed by atoms with E-state index in [1.54, 1.807) is 0 Å². The molecule has 0 fully saturated rings. The van der Waals surface area contributed by atoms with Gasteiger partial charge in [0.05, 0.1) is 12.3 Å². The number of ether oxygens (including phenoxy) is 1. The van der Waals surface area contributed by atoms with E-state index in [0.717, 1.165) is 25.5 Å². The average Bonchev–Trinajstić information content (AvgIpc) is 2.61. The Balaban J connectivity index is 2.71. The van der Waals surface area contributed by atoms with Gasteiger partial charge in [0.2, 0.25) is 0 Å². The van der Waals surface area contributed by atoms with Gasteiger partial charge in [-0.15, -0.1) is 0 Å². The summed E-state index contributed by atoms with van der Waals surface area (Å²) in [6.07, 6.45) is 0. The maximum Gasteiger partial charge on any atom is 0.0644 e. The Morgan fingerprint density at radius 1 is 1.28 bits per heavy atom. The van der Waals surface area contributed by atoms with E-state index < -0.39 is 0 Å². The molecular weight excluding hydrogens is 226 g/mol. The van der Waals surface area contributed by atoms with Gasteiger partial charge in [0.25, 0.3) is 0 Å². The molecule has 1 aromatic rings. The van der Waals surface area contributed by atoms with Gasteiger partial charge in [-0.25, -0.2) is 0 Å². The molecule has 4 nitrogen and oxygen atoms in total. The van der Waals surface area contributed by atoms with E-state index in [4.69, 9.17) is 4.74 Å². The first kappa shape index (κ1) is 15.2. The van der Waals surface area contributed by atoms with Crippen molar-refractivity contribution in [3.8, 4) is 0 Å². The molecule has 2 atom stereocenters. The first-order valence-electron chi connectivity index (χ1n) is 6.88. The summed E-state index contributed by atoms with van der Waals surface area (Å²) in [5.41, 5.74) is 3.71. The van der Waals surface area contributed by atoms with E-state index in [2.05, 4.69) is 49.7 Å². The average molecular weight is 253 g/mol. The third kappa shape index (κ3) is 3.56. The zero-order valence-corrected chi connectivity index (χ0v) is 12.6. The summed E-state index contributed by atoms with van der Waals surface area (Å²) in [5, 5.41) is 8.14. The summed E-state index contributed by atoms with van der Waals surface area (Å²) in [6.45, 7) is 15.2. The van der Waals surface area contributed by atoms with Gasteiger partial charge in [-0.2, -0.15) is 5.10 Å². The van der Waals surface area contributed by atoms with E-state index in [0.29, 0.717) is 12.1 Å². The van der Waals surface area contributed by atoms with E-state index >= 15 is 0 Å². The van der Waals surface area contributed by atoms with Crippen molar-refractivity contribution >= 4 is 0 Å². The number of nitrogens with one attached hydrogen (secondary N) is 1. The monoisotopic (exact) mass is 253 g/mol. The predicted molar refractivity (Wildman–Crippen MR) is 74.9 cm³/mol. The number of hydrogen-bond donors (Lipinski definition) is 1. The first-order chi connectivity index (χ1) is 8.51. The van der Waals surface area contributed by atoms with Gasteiger partial charge < -0.3 is 10.1 Å². The molecule has 18 heavy (non-hydrogen) atoms. The minimum atomic E-state index is 0.306. The third-order valence-corrected chi connectivity index (χ3v) is 3.28. The second-order valence-corrected chi connectivity index (χ2v) is 4.85. The van der Waals surface area contributed by atoms with Crippen molar-refractivity contribution in [3.05, 3.63) is 17.0 Å². The minimum Gasteiger partial charge on any atom is -0.380 e. The van der Waals surface area contributed by atoms with Crippen LogP contribution in [-0.4, -0.2) is 29.0 Å². The van der Waals surface area contributed by atoms with Crippen molar-refractivity contribution in [3.63, 3.8) is 0 Å². The zero-order chi connectivity index (χ0) is 13.7. The molecule has 0 amide bonds. The standard InChI is InChI=1S/C14H27N3O/c1-7-17-13(6)14(12(5)16-17)11(4)15-10(3)9-18-8-2/h10-11,15H,7-9H2,1-6H3. The van der Waals surface area contributed by atoms with Crippen LogP contribution < -0.4 is 5.32 Å². The summed E-state index contributed by atoms with van der Waals surface area (Å²) < 4.78 is 7.50. The maximum atomic E-state index is 5.44. The molecule has 1 aromatic heterocycles. The highest BCUT2D eigenvalue weighted by molar-refractivity contribution is 5.27. The summed E-state index contributed by atoms with van der Waals surface area (Å²) in [6, 6.07) is 0.657. The SMILES string of the molecule is CCOCC(C)NC(C)c1c(C)nn(CC)c1C. The maximum absolute atomic E-state index is 5.44. The van der Waals surface area contributed by atoms with Gasteiger partial charge in [0.15, 0.2) is 0 Å². The molecule has 104 valence electrons. The van der Waals surface area contributed by atoms with E-state index in [1.165, 1.54) is 11.3 Å². The highest BCUT2D eigenvalue weighted by Gasteiger charge is 2.18. The van der Waals surface area contributed by atoms with Crippen LogP contribution in [-0.2, 0) is 11.3 Å². The summed E-state index contributed by atoms with van der Waals surface area (Å²) in [5.74, 6) is 0. The van der Waals surface area contributed by atoms with Crippen LogP contribution in [0.4, 0.5) is 0 Å². The van der Waals surface area contributed by atoms with E-state index in [9.17, 15) is 0 Å². The van der Waals surface area contributed by atoms with Crippen molar-refractivity contribution in [2.24, 2.45) is 0 Å². The van der Waals surface area contributed by atoms with Crippen LogP contribution in [0.1, 0.15) is 50.7 Å². The van der Waals surface area contributed by atoms with Gasteiger partial charge in [0.1, 0.15) is 0 Å². The van der Waals surface area contributed by atoms with Gasteiger partial charge in [-0.1, -0.05) is 0 Å². The molecule has 0 bridgehead atoms. The molecular formula is C14H27N3O. The van der Waals surface area contributed by atoms with Crippen LogP contribution >= 0.6 is 0 Å². The van der Waals surface area contributed by atoms with Crippen LogP contribution in [0.15, 0.2) is 0 Å². The smallest absolute Gasteiger partial charge is 0.0644 e. The van der Waals surface area contributed by atoms with Crippen molar-refractivity contribution in [2.75, 3.05) is 13.2 Å². The molecule has 0 saturated heterocycles. The van der Waals surface area contributed by atoms with Gasteiger partial charge in [-0.05, 0) is 41.5 Å². The second kappa shape index (κ2) is 6.90. The lowest BCUT2D eigenvalue weighted by atomic mass is 10.1. The Hall–Kier alpha value is -0.870. The molecule has 0 aliphatic heterocycles. The molecule has 0 aromatic carbocycles. The summed E-state index contributed by atoms with van der Waals surface area (Å²) >= 11 is 0. The molecule has 2 unspecified atom stereocenters. The molecule has 0 radical (unpaired) electrons. The van der Waals surface area contributed by atoms with E-state index in [-0.39, 0.29) is 0 Å². The lowest BCUT2D eigenvalue weighted by molar-refractivity contribution is 0.124. The molecule has 0 spiro atoms. The van der Waals surface area contributed by atoms with Gasteiger partial charge in [0, 0.05) is 36.5 Å². The molecule has 0 aliphatic rings. The number of aryl methyl sites for hydroxylation is 2. The van der Waals surface area contributed by atoms with Crippen LogP contribution in [0.2, 0.25) is 0 Å². The molecule has 0 aliphatic carbocycles. The molecule has 0 saturated carbocycles. The topological polar surface area (TPSA) is 39.1 Å². The second-order valence-electron chi connectivity index (χ2n) is 4.85. The van der Waals surface area contributed by atoms with Crippen LogP contribution in [0, 0.1) is 13.8 Å². The number of nitrogens with zero attached hydrogens (tertiary/aromatic N) is 2. The van der Waals surface area contributed by atoms with Crippen molar-refractivity contribution in [1.29, 1.82) is 0 Å². The first-order valence-corrected chi connectivity index (χ1v) is 6.88. The Bertz CT molecular complexity index is 373. The Morgan fingerprint density at radius 2 is 1.94 bits per heavy atom. The third-order valence-electron chi connectivity index (χ3n) is 3.28.